The minimum Gasteiger partial charge on any atom is -0.378 e. The van der Waals surface area contributed by atoms with Gasteiger partial charge in [0.25, 0.3) is 0 Å². The van der Waals surface area contributed by atoms with E-state index < -0.39 is 23.5 Å². The fourth-order valence-electron chi connectivity index (χ4n) is 2.54. The Morgan fingerprint density at radius 2 is 2.00 bits per heavy atom. The van der Waals surface area contributed by atoms with Crippen LogP contribution < -0.4 is 11.3 Å². The zero-order valence-corrected chi connectivity index (χ0v) is 11.2. The lowest BCUT2D eigenvalue weighted by molar-refractivity contribution is 0.101. The van der Waals surface area contributed by atoms with Crippen LogP contribution >= 0.6 is 0 Å². The number of rotatable bonds is 6. The minimum atomic E-state index is -1.45. The van der Waals surface area contributed by atoms with Crippen LogP contribution in [0.2, 0.25) is 0 Å². The molecule has 1 aliphatic rings. The van der Waals surface area contributed by atoms with Crippen molar-refractivity contribution in [2.45, 2.75) is 44.2 Å². The lowest BCUT2D eigenvalue weighted by atomic mass is 9.99. The third-order valence-corrected chi connectivity index (χ3v) is 3.65. The molecule has 2 unspecified atom stereocenters. The van der Waals surface area contributed by atoms with E-state index >= 15 is 0 Å². The van der Waals surface area contributed by atoms with Gasteiger partial charge in [-0.15, -0.1) is 0 Å². The Morgan fingerprint density at radius 3 is 2.55 bits per heavy atom. The quantitative estimate of drug-likeness (QED) is 0.480. The van der Waals surface area contributed by atoms with Gasteiger partial charge in [0.1, 0.15) is 0 Å². The molecule has 0 spiro atoms. The molecule has 1 heterocycles. The van der Waals surface area contributed by atoms with Gasteiger partial charge in [0.2, 0.25) is 0 Å². The van der Waals surface area contributed by atoms with E-state index in [1.165, 1.54) is 0 Å². The van der Waals surface area contributed by atoms with E-state index in [0.717, 1.165) is 44.4 Å². The van der Waals surface area contributed by atoms with E-state index in [9.17, 15) is 13.2 Å². The van der Waals surface area contributed by atoms with Crippen molar-refractivity contribution in [3.63, 3.8) is 0 Å². The average Bonchev–Trinajstić information content (AvgIpc) is 2.93. The molecule has 112 valence electrons. The van der Waals surface area contributed by atoms with E-state index in [-0.39, 0.29) is 6.10 Å². The molecule has 2 rings (SSSR count). The van der Waals surface area contributed by atoms with E-state index in [4.69, 9.17) is 10.6 Å². The number of halogens is 3. The van der Waals surface area contributed by atoms with Crippen LogP contribution in [0.15, 0.2) is 12.1 Å². The van der Waals surface area contributed by atoms with Gasteiger partial charge >= 0.3 is 0 Å². The number of nitrogens with one attached hydrogen (secondary N) is 1. The summed E-state index contributed by atoms with van der Waals surface area (Å²) in [4.78, 5) is 0. The molecule has 0 bridgehead atoms. The number of nitrogens with two attached hydrogens (primary N) is 1. The SMILES string of the molecule is NNC(CCCC1CCCO1)c1cc(F)c(F)c(F)c1. The molecule has 0 aromatic heterocycles. The van der Waals surface area contributed by atoms with Crippen LogP contribution in [0.25, 0.3) is 0 Å². The highest BCUT2D eigenvalue weighted by atomic mass is 19.2. The summed E-state index contributed by atoms with van der Waals surface area (Å²) in [6.07, 6.45) is 4.74. The van der Waals surface area contributed by atoms with Crippen LogP contribution in [0.4, 0.5) is 13.2 Å². The highest BCUT2D eigenvalue weighted by molar-refractivity contribution is 5.22. The minimum absolute atomic E-state index is 0.273. The van der Waals surface area contributed by atoms with Crippen LogP contribution in [-0.4, -0.2) is 12.7 Å². The maximum absolute atomic E-state index is 13.2. The highest BCUT2D eigenvalue weighted by Gasteiger charge is 2.19. The normalized spacial score (nSPS) is 20.3. The van der Waals surface area contributed by atoms with Crippen LogP contribution in [0.1, 0.15) is 43.7 Å². The number of hydrazine groups is 1. The lowest BCUT2D eigenvalue weighted by Gasteiger charge is -2.18. The van der Waals surface area contributed by atoms with Gasteiger partial charge in [-0.25, -0.2) is 13.2 Å². The molecule has 0 aliphatic carbocycles. The molecular weight excluding hydrogens is 269 g/mol. The number of ether oxygens (including phenoxy) is 1. The van der Waals surface area contributed by atoms with Gasteiger partial charge in [-0.1, -0.05) is 0 Å². The fourth-order valence-corrected chi connectivity index (χ4v) is 2.54. The summed E-state index contributed by atoms with van der Waals surface area (Å²) >= 11 is 0. The second kappa shape index (κ2) is 7.06. The first kappa shape index (κ1) is 15.3. The predicted octanol–water partition coefficient (Wildman–Crippen LogP) is 2.96. The summed E-state index contributed by atoms with van der Waals surface area (Å²) < 4.78 is 44.8. The third-order valence-electron chi connectivity index (χ3n) is 3.65. The van der Waals surface area contributed by atoms with Crippen LogP contribution in [-0.2, 0) is 4.74 Å². The molecule has 0 amide bonds. The van der Waals surface area contributed by atoms with Gasteiger partial charge < -0.3 is 4.74 Å². The van der Waals surface area contributed by atoms with Gasteiger partial charge in [-0.05, 0) is 49.8 Å². The van der Waals surface area contributed by atoms with E-state index in [1.54, 1.807) is 0 Å². The maximum Gasteiger partial charge on any atom is 0.194 e. The van der Waals surface area contributed by atoms with E-state index in [0.29, 0.717) is 12.0 Å². The molecule has 6 heteroatoms. The Balaban J connectivity index is 1.93. The topological polar surface area (TPSA) is 47.3 Å². The standard InChI is InChI=1S/C14H19F3N2O/c15-11-7-9(8-12(16)14(11)17)13(19-18)5-1-3-10-4-2-6-20-10/h7-8,10,13,19H,1-6,18H2. The Bertz CT molecular complexity index is 427. The number of hydrogen-bond donors (Lipinski definition) is 2. The number of hydrogen-bond acceptors (Lipinski definition) is 3. The van der Waals surface area contributed by atoms with Gasteiger partial charge in [0, 0.05) is 12.6 Å². The Morgan fingerprint density at radius 1 is 1.30 bits per heavy atom. The molecule has 20 heavy (non-hydrogen) atoms. The Labute approximate surface area is 116 Å². The third kappa shape index (κ3) is 3.71. The van der Waals surface area contributed by atoms with Crippen LogP contribution in [0.5, 0.6) is 0 Å². The van der Waals surface area contributed by atoms with Crippen molar-refractivity contribution in [2.24, 2.45) is 5.84 Å². The van der Waals surface area contributed by atoms with E-state index in [1.807, 2.05) is 0 Å². The molecule has 1 saturated heterocycles. The smallest absolute Gasteiger partial charge is 0.194 e. The molecule has 3 N–H and O–H groups in total. The summed E-state index contributed by atoms with van der Waals surface area (Å²) in [7, 11) is 0. The molecule has 0 saturated carbocycles. The summed E-state index contributed by atoms with van der Waals surface area (Å²) in [6.45, 7) is 0.803. The van der Waals surface area contributed by atoms with Gasteiger partial charge in [-0.2, -0.15) is 0 Å². The van der Waals surface area contributed by atoms with Crippen molar-refractivity contribution in [2.75, 3.05) is 6.61 Å². The second-order valence-electron chi connectivity index (χ2n) is 5.08. The molecule has 1 fully saturated rings. The fraction of sp³-hybridized carbons (Fsp3) is 0.571. The predicted molar refractivity (Wildman–Crippen MR) is 69.2 cm³/mol. The summed E-state index contributed by atoms with van der Waals surface area (Å²) in [6, 6.07) is 1.56. The van der Waals surface area contributed by atoms with Crippen LogP contribution in [0, 0.1) is 17.5 Å². The van der Waals surface area contributed by atoms with Crippen molar-refractivity contribution in [3.05, 3.63) is 35.1 Å². The maximum atomic E-state index is 13.2. The monoisotopic (exact) mass is 288 g/mol. The molecule has 0 radical (unpaired) electrons. The summed E-state index contributed by atoms with van der Waals surface area (Å²) in [5, 5.41) is 0. The molecule has 1 aromatic carbocycles. The van der Waals surface area contributed by atoms with Gasteiger partial charge in [-0.3, -0.25) is 11.3 Å². The van der Waals surface area contributed by atoms with Gasteiger partial charge in [0.05, 0.1) is 6.10 Å². The van der Waals surface area contributed by atoms with Crippen molar-refractivity contribution < 1.29 is 17.9 Å². The Kier molecular flexibility index (Phi) is 5.39. The Hall–Kier alpha value is -1.11. The molecule has 1 aromatic rings. The first-order valence-electron chi connectivity index (χ1n) is 6.84. The van der Waals surface area contributed by atoms with Crippen LogP contribution in [0.3, 0.4) is 0 Å². The molecule has 1 aliphatic heterocycles. The largest absolute Gasteiger partial charge is 0.378 e. The molecular formula is C14H19F3N2O. The highest BCUT2D eigenvalue weighted by Crippen LogP contribution is 2.25. The van der Waals surface area contributed by atoms with Crippen molar-refractivity contribution in [1.82, 2.24) is 5.43 Å². The van der Waals surface area contributed by atoms with E-state index in [2.05, 4.69) is 5.43 Å². The van der Waals surface area contributed by atoms with Crippen molar-refractivity contribution in [3.8, 4) is 0 Å². The number of benzene rings is 1. The zero-order valence-electron chi connectivity index (χ0n) is 11.2. The van der Waals surface area contributed by atoms with Crippen molar-refractivity contribution in [1.29, 1.82) is 0 Å². The first-order valence-corrected chi connectivity index (χ1v) is 6.84. The molecule has 2 atom stereocenters. The lowest BCUT2D eigenvalue weighted by Crippen LogP contribution is -2.28. The van der Waals surface area contributed by atoms with Gasteiger partial charge in [0.15, 0.2) is 17.5 Å². The first-order chi connectivity index (χ1) is 9.61. The van der Waals surface area contributed by atoms with Crippen molar-refractivity contribution >= 4 is 0 Å². The average molecular weight is 288 g/mol. The second-order valence-corrected chi connectivity index (χ2v) is 5.08. The summed E-state index contributed by atoms with van der Waals surface area (Å²) in [5.74, 6) is 1.57. The molecule has 3 nitrogen and oxygen atoms in total. The summed E-state index contributed by atoms with van der Waals surface area (Å²) in [5.41, 5.74) is 2.84. The zero-order chi connectivity index (χ0) is 14.5.